The van der Waals surface area contributed by atoms with Crippen LogP contribution in [0.3, 0.4) is 0 Å². The van der Waals surface area contributed by atoms with Crippen LogP contribution in [0.4, 0.5) is 5.69 Å². The average Bonchev–Trinajstić information content (AvgIpc) is 2.67. The van der Waals surface area contributed by atoms with E-state index in [0.717, 1.165) is 5.01 Å². The maximum absolute atomic E-state index is 11.7. The van der Waals surface area contributed by atoms with Gasteiger partial charge in [0.25, 0.3) is 5.91 Å². The normalized spacial score (nSPS) is 12.8. The molecule has 0 aliphatic rings. The number of guanidine groups is 1. The number of nitrogens with one attached hydrogen (secondary N) is 1. The first kappa shape index (κ1) is 21.3. The highest BCUT2D eigenvalue weighted by molar-refractivity contribution is 6.39. The number of nitrogens with zero attached hydrogens (tertiary/aromatic N) is 4. The quantitative estimate of drug-likeness (QED) is 0.101. The van der Waals surface area contributed by atoms with E-state index in [2.05, 4.69) is 20.8 Å². The monoisotopic (exact) mass is 424 g/mol. The van der Waals surface area contributed by atoms with Crippen LogP contribution in [0.2, 0.25) is 10.0 Å². The molecule has 0 aliphatic heterocycles. The zero-order valence-electron chi connectivity index (χ0n) is 14.4. The summed E-state index contributed by atoms with van der Waals surface area (Å²) in [7, 11) is 0. The lowest BCUT2D eigenvalue weighted by Gasteiger charge is -2.24. The maximum Gasteiger partial charge on any atom is 0.297 e. The summed E-state index contributed by atoms with van der Waals surface area (Å²) in [6.07, 6.45) is -1.03. The lowest BCUT2D eigenvalue weighted by atomic mass is 10.0. The van der Waals surface area contributed by atoms with E-state index in [1.807, 2.05) is 0 Å². The van der Waals surface area contributed by atoms with Crippen LogP contribution in [-0.2, 0) is 0 Å². The number of nitrogens with two attached hydrogens (primary N) is 5. The predicted molar refractivity (Wildman–Crippen MR) is 109 cm³/mol. The lowest BCUT2D eigenvalue weighted by molar-refractivity contribution is 0.0993. The third-order valence-electron chi connectivity index (χ3n) is 3.60. The van der Waals surface area contributed by atoms with Crippen molar-refractivity contribution in [3.05, 3.63) is 52.0 Å². The number of amides is 1. The number of rotatable bonds is 5. The second kappa shape index (κ2) is 9.30. The standard InChI is InChI=1S/C15H18Cl2N10O/c16-10-5-9(27(22)15(19)23-14(18)24-20)6-11(17)12(10)7-1-3-8(4-2-7)13(28)25-26-21/h1-6,15H,19-20,22H2,(H3,18,23,24)(H2,21,25,28). The fourth-order valence-corrected chi connectivity index (χ4v) is 2.96. The molecule has 0 bridgehead atoms. The van der Waals surface area contributed by atoms with Gasteiger partial charge >= 0.3 is 0 Å². The van der Waals surface area contributed by atoms with Crippen LogP contribution >= 0.6 is 23.2 Å². The van der Waals surface area contributed by atoms with Gasteiger partial charge in [0, 0.05) is 11.1 Å². The summed E-state index contributed by atoms with van der Waals surface area (Å²) in [6, 6.07) is 9.55. The summed E-state index contributed by atoms with van der Waals surface area (Å²) in [6.45, 7) is 0. The Morgan fingerprint density at radius 1 is 1.14 bits per heavy atom. The van der Waals surface area contributed by atoms with Crippen LogP contribution < -0.4 is 39.4 Å². The van der Waals surface area contributed by atoms with Crippen molar-refractivity contribution >= 4 is 40.8 Å². The zero-order valence-corrected chi connectivity index (χ0v) is 15.9. The lowest BCUT2D eigenvalue weighted by Crippen LogP contribution is -2.49. The van der Waals surface area contributed by atoms with Crippen molar-refractivity contribution in [2.75, 3.05) is 5.01 Å². The van der Waals surface area contributed by atoms with Gasteiger partial charge in [-0.05, 0) is 29.8 Å². The summed E-state index contributed by atoms with van der Waals surface area (Å²) in [5, 5.41) is 7.95. The third kappa shape index (κ3) is 4.85. The summed E-state index contributed by atoms with van der Waals surface area (Å²) >= 11 is 12.8. The molecule has 0 spiro atoms. The number of carbonyl (C=O) groups is 1. The Bertz CT molecular complexity index is 893. The molecule has 0 aromatic heterocycles. The smallest absolute Gasteiger partial charge is 0.297 e. The summed E-state index contributed by atoms with van der Waals surface area (Å²) in [4.78, 5) is 15.5. The first-order valence-electron chi connectivity index (χ1n) is 7.62. The molecular weight excluding hydrogens is 407 g/mol. The molecule has 2 aromatic carbocycles. The molecule has 1 unspecified atom stereocenters. The number of carbonyl (C=O) groups excluding carboxylic acids is 1. The predicted octanol–water partition coefficient (Wildman–Crippen LogP) is 0.827. The molecule has 0 saturated heterocycles. The van der Waals surface area contributed by atoms with E-state index >= 15 is 0 Å². The van der Waals surface area contributed by atoms with Crippen molar-refractivity contribution in [2.24, 2.45) is 44.3 Å². The van der Waals surface area contributed by atoms with Gasteiger partial charge in [0.2, 0.25) is 5.96 Å². The molecule has 0 heterocycles. The molecule has 0 radical (unpaired) electrons. The van der Waals surface area contributed by atoms with Gasteiger partial charge in [0.05, 0.1) is 15.7 Å². The molecule has 148 valence electrons. The van der Waals surface area contributed by atoms with E-state index in [0.29, 0.717) is 32.4 Å². The van der Waals surface area contributed by atoms with Gasteiger partial charge in [-0.25, -0.2) is 16.7 Å². The third-order valence-corrected chi connectivity index (χ3v) is 4.19. The highest BCUT2D eigenvalue weighted by atomic mass is 35.5. The number of anilines is 1. The Balaban J connectivity index is 2.35. The van der Waals surface area contributed by atoms with Crippen LogP contribution in [-0.4, -0.2) is 18.2 Å². The minimum atomic E-state index is -1.03. The number of aliphatic imine (C=N–C) groups is 1. The van der Waals surface area contributed by atoms with E-state index in [-0.39, 0.29) is 5.96 Å². The number of benzene rings is 2. The van der Waals surface area contributed by atoms with E-state index in [4.69, 9.17) is 52.2 Å². The van der Waals surface area contributed by atoms with E-state index in [9.17, 15) is 4.79 Å². The first-order chi connectivity index (χ1) is 13.3. The van der Waals surface area contributed by atoms with Crippen LogP contribution in [0, 0.1) is 0 Å². The number of hydrogen-bond donors (Lipinski definition) is 6. The van der Waals surface area contributed by atoms with E-state index in [1.165, 1.54) is 0 Å². The molecule has 1 atom stereocenters. The number of halogens is 2. The molecular formula is C15H18Cl2N10O. The highest BCUT2D eigenvalue weighted by Crippen LogP contribution is 2.38. The van der Waals surface area contributed by atoms with Crippen molar-refractivity contribution in [3.63, 3.8) is 0 Å². The van der Waals surface area contributed by atoms with Crippen molar-refractivity contribution < 1.29 is 4.79 Å². The molecule has 13 heteroatoms. The van der Waals surface area contributed by atoms with Gasteiger partial charge in [0.15, 0.2) is 6.29 Å². The van der Waals surface area contributed by atoms with Gasteiger partial charge in [-0.1, -0.05) is 45.7 Å². The van der Waals surface area contributed by atoms with Crippen molar-refractivity contribution in [1.82, 2.24) is 5.43 Å². The van der Waals surface area contributed by atoms with Gasteiger partial charge < -0.3 is 11.6 Å². The molecule has 0 saturated carbocycles. The molecule has 0 fully saturated rings. The molecule has 0 aliphatic carbocycles. The fraction of sp³-hybridized carbons (Fsp3) is 0.0667. The average molecular weight is 425 g/mol. The second-order valence-corrected chi connectivity index (χ2v) is 6.18. The molecule has 11 nitrogen and oxygen atoms in total. The fourth-order valence-electron chi connectivity index (χ4n) is 2.27. The topological polar surface area (TPSA) is 200 Å². The Labute approximate surface area is 170 Å². The van der Waals surface area contributed by atoms with Gasteiger partial charge in [-0.2, -0.15) is 0 Å². The Morgan fingerprint density at radius 3 is 2.21 bits per heavy atom. The summed E-state index contributed by atoms with van der Waals surface area (Å²) < 4.78 is 0. The van der Waals surface area contributed by atoms with Gasteiger partial charge in [-0.3, -0.25) is 21.0 Å². The summed E-state index contributed by atoms with van der Waals surface area (Å²) in [5.74, 6) is 15.3. The molecule has 11 N–H and O–H groups in total. The zero-order chi connectivity index (χ0) is 20.8. The molecule has 28 heavy (non-hydrogen) atoms. The Hall–Kier alpha value is -2.96. The van der Waals surface area contributed by atoms with Crippen molar-refractivity contribution in [3.8, 4) is 11.1 Å². The maximum atomic E-state index is 11.7. The second-order valence-electron chi connectivity index (χ2n) is 5.36. The van der Waals surface area contributed by atoms with E-state index < -0.39 is 12.2 Å². The first-order valence-corrected chi connectivity index (χ1v) is 8.38. The highest BCUT2D eigenvalue weighted by Gasteiger charge is 2.17. The van der Waals surface area contributed by atoms with Crippen LogP contribution in [0.15, 0.2) is 51.7 Å². The van der Waals surface area contributed by atoms with Crippen molar-refractivity contribution in [1.29, 1.82) is 0 Å². The van der Waals surface area contributed by atoms with Gasteiger partial charge in [-0.15, -0.1) is 0 Å². The number of hydrogen-bond acceptors (Lipinski definition) is 7. The Kier molecular flexibility index (Phi) is 7.09. The molecule has 2 aromatic rings. The van der Waals surface area contributed by atoms with Crippen LogP contribution in [0.5, 0.6) is 0 Å². The Morgan fingerprint density at radius 2 is 1.71 bits per heavy atom. The van der Waals surface area contributed by atoms with E-state index in [1.54, 1.807) is 36.4 Å². The minimum Gasteiger partial charge on any atom is -0.369 e. The largest absolute Gasteiger partial charge is 0.369 e. The summed E-state index contributed by atoms with van der Waals surface area (Å²) in [5.41, 5.74) is 15.4. The van der Waals surface area contributed by atoms with Crippen molar-refractivity contribution in [2.45, 2.75) is 6.29 Å². The van der Waals surface area contributed by atoms with Gasteiger partial charge in [0.1, 0.15) is 0 Å². The molecule has 1 amide bonds. The number of hydrazine groups is 2. The SMILES string of the molecule is NN=NC(=O)c1ccc(-c2c(Cl)cc(N(N)C(N)N=C(N)NN)cc2Cl)cc1. The minimum absolute atomic E-state index is 0.0967. The molecule has 2 rings (SSSR count). The van der Waals surface area contributed by atoms with Crippen LogP contribution in [0.1, 0.15) is 10.4 Å². The van der Waals surface area contributed by atoms with Crippen LogP contribution in [0.25, 0.3) is 11.1 Å².